The highest BCUT2D eigenvalue weighted by molar-refractivity contribution is 6.38. The van der Waals surface area contributed by atoms with Crippen molar-refractivity contribution in [2.45, 2.75) is 91.6 Å². The zero-order valence-corrected chi connectivity index (χ0v) is 27.1. The largest absolute Gasteiger partial charge is 0.352 e. The third-order valence-electron chi connectivity index (χ3n) is 6.45. The van der Waals surface area contributed by atoms with Crippen molar-refractivity contribution in [3.8, 4) is 0 Å². The van der Waals surface area contributed by atoms with Gasteiger partial charge in [-0.2, -0.15) is 0 Å². The van der Waals surface area contributed by atoms with E-state index < -0.39 is 41.8 Å². The van der Waals surface area contributed by atoms with E-state index in [2.05, 4.69) is 16.0 Å². The summed E-state index contributed by atoms with van der Waals surface area (Å²) in [6, 6.07) is -3.24. The lowest BCUT2D eigenvalue weighted by Crippen LogP contribution is -2.54. The molecule has 0 bridgehead atoms. The van der Waals surface area contributed by atoms with Gasteiger partial charge >= 0.3 is 0 Å². The van der Waals surface area contributed by atoms with Gasteiger partial charge in [0.25, 0.3) is 5.91 Å². The average Bonchev–Trinajstić information content (AvgIpc) is 2.88. The monoisotopic (exact) mass is 585 g/mol. The number of ketones is 1. The summed E-state index contributed by atoms with van der Waals surface area (Å²) in [6.07, 6.45) is 0. The molecule has 0 saturated carbocycles. The third kappa shape index (κ3) is 13.6. The van der Waals surface area contributed by atoms with Crippen LogP contribution in [0.1, 0.15) is 55.4 Å². The van der Waals surface area contributed by atoms with E-state index in [4.69, 9.17) is 0 Å². The molecular formula is C27H51N7O7. The Balaban J connectivity index is 0. The number of nitrogens with one attached hydrogen (secondary N) is 3. The van der Waals surface area contributed by atoms with Gasteiger partial charge in [-0.25, -0.2) is 0 Å². The maximum absolute atomic E-state index is 12.3. The van der Waals surface area contributed by atoms with Gasteiger partial charge in [0, 0.05) is 41.2 Å². The van der Waals surface area contributed by atoms with Crippen LogP contribution in [0.5, 0.6) is 0 Å². The van der Waals surface area contributed by atoms with Crippen LogP contribution in [-0.2, 0) is 33.6 Å². The fourth-order valence-electron chi connectivity index (χ4n) is 2.96. The minimum Gasteiger partial charge on any atom is -0.352 e. The predicted molar refractivity (Wildman–Crippen MR) is 155 cm³/mol. The van der Waals surface area contributed by atoms with Crippen LogP contribution in [-0.4, -0.2) is 139 Å². The number of rotatable bonds is 12. The molecule has 0 rings (SSSR count). The number of carbonyl (C=O) groups excluding carboxylic acids is 7. The van der Waals surface area contributed by atoms with Crippen LogP contribution in [0.2, 0.25) is 0 Å². The van der Waals surface area contributed by atoms with Gasteiger partial charge in [-0.3, -0.25) is 38.5 Å². The highest BCUT2D eigenvalue weighted by Crippen LogP contribution is 2.02. The molecule has 0 saturated heterocycles. The zero-order valence-electron chi connectivity index (χ0n) is 27.1. The van der Waals surface area contributed by atoms with E-state index in [9.17, 15) is 33.6 Å². The Kier molecular flexibility index (Phi) is 17.4. The molecule has 14 nitrogen and oxygen atoms in total. The summed E-state index contributed by atoms with van der Waals surface area (Å²) in [5, 5.41) is 7.86. The SMILES string of the molecule is CC(=O)N(C)C(C)C(=O)NC(C)C(=O)C(=O)N(C)C.CC(C)NC(=O)C(C)N(C)C(=O)C(C)NC(=O)C(C)N(C)C. The number of nitrogens with zero attached hydrogens (tertiary/aromatic N) is 4. The normalized spacial score (nSPS) is 14.2. The van der Waals surface area contributed by atoms with Crippen LogP contribution >= 0.6 is 0 Å². The Bertz CT molecular complexity index is 952. The molecule has 0 aliphatic rings. The molecule has 0 spiro atoms. The molecule has 0 aromatic rings. The van der Waals surface area contributed by atoms with Gasteiger partial charge in [0.2, 0.25) is 35.3 Å². The molecule has 236 valence electrons. The van der Waals surface area contributed by atoms with Gasteiger partial charge in [0.1, 0.15) is 18.1 Å². The molecule has 0 fully saturated rings. The summed E-state index contributed by atoms with van der Waals surface area (Å²) in [7, 11) is 9.55. The predicted octanol–water partition coefficient (Wildman–Crippen LogP) is -1.17. The van der Waals surface area contributed by atoms with Crippen molar-refractivity contribution in [2.75, 3.05) is 42.3 Å². The Morgan fingerprint density at radius 3 is 1.32 bits per heavy atom. The number of likely N-dealkylation sites (N-methyl/N-ethyl adjacent to an activating group) is 4. The first-order valence-corrected chi connectivity index (χ1v) is 13.4. The fourth-order valence-corrected chi connectivity index (χ4v) is 2.96. The minimum absolute atomic E-state index is 0.0107. The van der Waals surface area contributed by atoms with E-state index in [1.54, 1.807) is 53.7 Å². The van der Waals surface area contributed by atoms with Gasteiger partial charge in [0.15, 0.2) is 0 Å². The molecule has 3 N–H and O–H groups in total. The molecule has 0 heterocycles. The molecule has 0 aliphatic carbocycles. The quantitative estimate of drug-likeness (QED) is 0.241. The molecule has 6 amide bonds. The lowest BCUT2D eigenvalue weighted by molar-refractivity contribution is -0.145. The van der Waals surface area contributed by atoms with E-state index in [0.29, 0.717) is 0 Å². The average molecular weight is 586 g/mol. The highest BCUT2D eigenvalue weighted by Gasteiger charge is 2.29. The first kappa shape index (κ1) is 39.6. The molecule has 41 heavy (non-hydrogen) atoms. The van der Waals surface area contributed by atoms with Crippen molar-refractivity contribution in [1.29, 1.82) is 0 Å². The van der Waals surface area contributed by atoms with Crippen LogP contribution in [0.4, 0.5) is 0 Å². The molecule has 0 aromatic heterocycles. The summed E-state index contributed by atoms with van der Waals surface area (Å²) < 4.78 is 0. The van der Waals surface area contributed by atoms with E-state index in [1.165, 1.54) is 44.8 Å². The van der Waals surface area contributed by atoms with E-state index in [1.807, 2.05) is 13.8 Å². The topological polar surface area (TPSA) is 169 Å². The highest BCUT2D eigenvalue weighted by atomic mass is 16.2. The molecule has 5 atom stereocenters. The van der Waals surface area contributed by atoms with Gasteiger partial charge in [-0.1, -0.05) is 0 Å². The van der Waals surface area contributed by atoms with E-state index in [0.717, 1.165) is 4.90 Å². The summed E-state index contributed by atoms with van der Waals surface area (Å²) >= 11 is 0. The Hall–Kier alpha value is -3.55. The summed E-state index contributed by atoms with van der Waals surface area (Å²) in [5.41, 5.74) is 0. The molecular weight excluding hydrogens is 534 g/mol. The van der Waals surface area contributed by atoms with Gasteiger partial charge in [-0.15, -0.1) is 0 Å². The Labute approximate surface area is 244 Å². The van der Waals surface area contributed by atoms with Crippen LogP contribution in [0.25, 0.3) is 0 Å². The molecule has 0 radical (unpaired) electrons. The lowest BCUT2D eigenvalue weighted by Gasteiger charge is -2.29. The second-order valence-corrected chi connectivity index (χ2v) is 10.8. The Morgan fingerprint density at radius 2 is 0.927 bits per heavy atom. The third-order valence-corrected chi connectivity index (χ3v) is 6.45. The summed E-state index contributed by atoms with van der Waals surface area (Å²) in [4.78, 5) is 87.8. The van der Waals surface area contributed by atoms with Crippen molar-refractivity contribution >= 4 is 41.2 Å². The van der Waals surface area contributed by atoms with Crippen LogP contribution in [0.15, 0.2) is 0 Å². The molecule has 0 aliphatic heterocycles. The fraction of sp³-hybridized carbons (Fsp3) is 0.741. The Morgan fingerprint density at radius 1 is 0.537 bits per heavy atom. The van der Waals surface area contributed by atoms with Crippen molar-refractivity contribution < 1.29 is 33.6 Å². The number of hydrogen-bond donors (Lipinski definition) is 3. The minimum atomic E-state index is -0.926. The van der Waals surface area contributed by atoms with Gasteiger partial charge in [0.05, 0.1) is 12.1 Å². The van der Waals surface area contributed by atoms with Crippen LogP contribution < -0.4 is 16.0 Å². The standard InChI is InChI=1S/C15H30N4O3.C12H21N3O4/c1-9(2)16-14(21)12(5)19(8)15(22)10(3)17-13(20)11(4)18(6)7;1-7(10(17)12(19)14(4)5)13-11(18)8(2)15(6)9(3)16/h9-12H,1-8H3,(H,16,21)(H,17,20);7-8H,1-6H3,(H,13,18). The second-order valence-electron chi connectivity index (χ2n) is 10.8. The van der Waals surface area contributed by atoms with Crippen molar-refractivity contribution in [3.63, 3.8) is 0 Å². The van der Waals surface area contributed by atoms with E-state index >= 15 is 0 Å². The number of Topliss-reactive ketones (excluding diaryl/α,β-unsaturated/α-hetero) is 1. The maximum Gasteiger partial charge on any atom is 0.291 e. The van der Waals surface area contributed by atoms with Gasteiger partial charge in [-0.05, 0) is 62.6 Å². The lowest BCUT2D eigenvalue weighted by atomic mass is 10.1. The van der Waals surface area contributed by atoms with Crippen molar-refractivity contribution in [3.05, 3.63) is 0 Å². The first-order chi connectivity index (χ1) is 18.6. The summed E-state index contributed by atoms with van der Waals surface area (Å²) in [5.74, 6) is -2.86. The van der Waals surface area contributed by atoms with E-state index in [-0.39, 0.29) is 35.7 Å². The number of carbonyl (C=O) groups is 7. The van der Waals surface area contributed by atoms with Crippen molar-refractivity contribution in [1.82, 2.24) is 35.6 Å². The van der Waals surface area contributed by atoms with Crippen LogP contribution in [0, 0.1) is 0 Å². The van der Waals surface area contributed by atoms with Crippen LogP contribution in [0.3, 0.4) is 0 Å². The second kappa shape index (κ2) is 18.0. The molecule has 5 unspecified atom stereocenters. The maximum atomic E-state index is 12.3. The summed E-state index contributed by atoms with van der Waals surface area (Å²) in [6.45, 7) is 13.1. The molecule has 14 heteroatoms. The zero-order chi connectivity index (χ0) is 32.9. The number of amides is 6. The number of hydrogen-bond acceptors (Lipinski definition) is 8. The molecule has 0 aromatic carbocycles. The van der Waals surface area contributed by atoms with Gasteiger partial charge < -0.3 is 30.7 Å². The first-order valence-electron chi connectivity index (χ1n) is 13.4. The van der Waals surface area contributed by atoms with Crippen molar-refractivity contribution in [2.24, 2.45) is 0 Å². The smallest absolute Gasteiger partial charge is 0.291 e.